The summed E-state index contributed by atoms with van der Waals surface area (Å²) in [4.78, 5) is 26.3. The van der Waals surface area contributed by atoms with Gasteiger partial charge in [-0.05, 0) is 85.5 Å². The molecule has 0 spiro atoms. The van der Waals surface area contributed by atoms with E-state index in [0.29, 0.717) is 34.6 Å². The molecule has 7 nitrogen and oxygen atoms in total. The van der Waals surface area contributed by atoms with Crippen LogP contribution >= 0.6 is 0 Å². The van der Waals surface area contributed by atoms with Crippen molar-refractivity contribution in [1.82, 2.24) is 19.5 Å². The summed E-state index contributed by atoms with van der Waals surface area (Å²) in [6.07, 6.45) is 1.83. The zero-order valence-electron chi connectivity index (χ0n) is 40.3. The van der Waals surface area contributed by atoms with Crippen LogP contribution in [0.4, 0.5) is 0 Å². The number of rotatable bonds is 7. The highest BCUT2D eigenvalue weighted by Gasteiger charge is 2.57. The van der Waals surface area contributed by atoms with Gasteiger partial charge >= 0.3 is 0 Å². The lowest BCUT2D eigenvalue weighted by Gasteiger charge is -2.44. The number of amidine groups is 1. The van der Waals surface area contributed by atoms with Crippen LogP contribution in [0.3, 0.4) is 0 Å². The summed E-state index contributed by atoms with van der Waals surface area (Å²) in [7, 11) is 0. The van der Waals surface area contributed by atoms with Crippen molar-refractivity contribution in [1.29, 1.82) is 5.41 Å². The van der Waals surface area contributed by atoms with E-state index in [-0.39, 0.29) is 22.1 Å². The largest absolute Gasteiger partial charge is 0.282 e. The van der Waals surface area contributed by atoms with Gasteiger partial charge in [0.25, 0.3) is 0 Å². The van der Waals surface area contributed by atoms with Gasteiger partial charge in [0.15, 0.2) is 23.3 Å². The van der Waals surface area contributed by atoms with E-state index >= 15 is 0 Å². The molecule has 70 heavy (non-hydrogen) atoms. The zero-order valence-corrected chi connectivity index (χ0v) is 40.3. The Morgan fingerprint density at radius 2 is 0.957 bits per heavy atom. The Morgan fingerprint density at radius 3 is 1.61 bits per heavy atom. The molecule has 2 heterocycles. The fourth-order valence-corrected chi connectivity index (χ4v) is 10.2. The summed E-state index contributed by atoms with van der Waals surface area (Å²) >= 11 is 0. The minimum atomic E-state index is -0.268. The van der Waals surface area contributed by atoms with Gasteiger partial charge in [0, 0.05) is 39.2 Å². The van der Waals surface area contributed by atoms with E-state index in [0.717, 1.165) is 60.8 Å². The summed E-state index contributed by atoms with van der Waals surface area (Å²) in [6.45, 7) is 14.0. The molecule has 0 saturated carbocycles. The number of hydrogen-bond acceptors (Lipinski definition) is 4. The maximum atomic E-state index is 10.3. The van der Waals surface area contributed by atoms with Gasteiger partial charge < -0.3 is 0 Å². The zero-order chi connectivity index (χ0) is 48.2. The standard InChI is InChI=1S/C63H53N7/c1-61(2)52-38-50(56(64)66-60(65-40-41-22-11-7-12-23-41)70-54-33-20-19-32-48(54)49-35-34-46(37-55(49)70)43-26-15-9-16-27-43)51(39-53(52)62(3,4)63(61,5)6)59-68-57(44-28-17-10-18-29-44)67-58(69-59)47-31-21-30-45(36-47)42-24-13-8-14-25-42/h7-40,64H,1-6H3/b64-56?,65-40+,66-60?. The van der Waals surface area contributed by atoms with Crippen molar-refractivity contribution in [2.24, 2.45) is 15.4 Å². The van der Waals surface area contributed by atoms with Crippen LogP contribution in [0.2, 0.25) is 0 Å². The molecule has 0 radical (unpaired) electrons. The molecule has 0 unspecified atom stereocenters. The molecule has 340 valence electrons. The number of aromatic nitrogens is 4. The molecule has 1 aliphatic carbocycles. The van der Waals surface area contributed by atoms with Crippen LogP contribution in [0, 0.1) is 10.8 Å². The minimum absolute atomic E-state index is 0.0377. The molecule has 1 aliphatic rings. The summed E-state index contributed by atoms with van der Waals surface area (Å²) in [5, 5.41) is 12.5. The van der Waals surface area contributed by atoms with Crippen LogP contribution in [-0.4, -0.2) is 37.5 Å². The van der Waals surface area contributed by atoms with Crippen molar-refractivity contribution < 1.29 is 0 Å². The van der Waals surface area contributed by atoms with Crippen molar-refractivity contribution in [2.45, 2.75) is 52.4 Å². The average Bonchev–Trinajstić information content (AvgIpc) is 3.78. The summed E-state index contributed by atoms with van der Waals surface area (Å²) < 4.78 is 2.10. The van der Waals surface area contributed by atoms with Gasteiger partial charge in [-0.3, -0.25) is 9.98 Å². The van der Waals surface area contributed by atoms with Crippen LogP contribution in [0.15, 0.2) is 210 Å². The molecule has 0 fully saturated rings. The van der Waals surface area contributed by atoms with E-state index in [1.165, 1.54) is 11.1 Å². The van der Waals surface area contributed by atoms with E-state index in [2.05, 4.69) is 167 Å². The Balaban J connectivity index is 1.17. The lowest BCUT2D eigenvalue weighted by atomic mass is 9.59. The maximum absolute atomic E-state index is 10.3. The van der Waals surface area contributed by atoms with Crippen LogP contribution in [0.5, 0.6) is 0 Å². The van der Waals surface area contributed by atoms with E-state index < -0.39 is 0 Å². The molecule has 11 rings (SSSR count). The summed E-state index contributed by atoms with van der Waals surface area (Å²) in [6, 6.07) is 68.5. The molecule has 1 N–H and O–H groups in total. The predicted octanol–water partition coefficient (Wildman–Crippen LogP) is 15.3. The highest BCUT2D eigenvalue weighted by Crippen LogP contribution is 2.62. The predicted molar refractivity (Wildman–Crippen MR) is 290 cm³/mol. The molecule has 10 aromatic rings. The molecule has 2 aromatic heterocycles. The first-order chi connectivity index (χ1) is 33.9. The van der Waals surface area contributed by atoms with Crippen molar-refractivity contribution in [3.63, 3.8) is 0 Å². The second kappa shape index (κ2) is 17.3. The Bertz CT molecular complexity index is 3680. The smallest absolute Gasteiger partial charge is 0.236 e. The number of aliphatic imine (C=N–C) groups is 2. The summed E-state index contributed by atoms with van der Waals surface area (Å²) in [5.74, 6) is 1.94. The van der Waals surface area contributed by atoms with Crippen molar-refractivity contribution in [3.8, 4) is 56.4 Å². The fourth-order valence-electron chi connectivity index (χ4n) is 10.2. The second-order valence-corrected chi connectivity index (χ2v) is 19.8. The van der Waals surface area contributed by atoms with Crippen LogP contribution in [-0.2, 0) is 10.8 Å². The number of nitrogens with one attached hydrogen (secondary N) is 1. The molecule has 0 bridgehead atoms. The van der Waals surface area contributed by atoms with Gasteiger partial charge in [0.1, 0.15) is 0 Å². The van der Waals surface area contributed by atoms with Crippen molar-refractivity contribution in [3.05, 3.63) is 222 Å². The average molecular weight is 908 g/mol. The number of nitrogens with zero attached hydrogens (tertiary/aromatic N) is 6. The topological polar surface area (TPSA) is 92.2 Å². The third-order valence-electron chi connectivity index (χ3n) is 15.3. The first-order valence-corrected chi connectivity index (χ1v) is 23.9. The highest BCUT2D eigenvalue weighted by molar-refractivity contribution is 6.18. The number of benzene rings is 8. The number of para-hydroxylation sites is 1. The SMILES string of the molecule is CC1(C)c2cc(C(=N)N=C(/N=C/c3ccccc3)n3c4ccccc4c4ccc(-c5ccccc5)cc43)c(-c3nc(-c4ccccc4)nc(-c4cccc(-c5ccccc5)c4)n3)cc2C(C)(C)C1(C)C. The Labute approximate surface area is 409 Å². The number of fused-ring (bicyclic) bond motifs is 4. The Kier molecular flexibility index (Phi) is 10.9. The molecule has 0 aliphatic heterocycles. The lowest BCUT2D eigenvalue weighted by Crippen LogP contribution is -2.42. The molecule has 8 aromatic carbocycles. The first kappa shape index (κ1) is 44.1. The molecule has 7 heteroatoms. The molecule has 0 amide bonds. The fraction of sp³-hybridized carbons (Fsp3) is 0.143. The normalized spacial score (nSPS) is 14.9. The molecule has 0 saturated heterocycles. The first-order valence-electron chi connectivity index (χ1n) is 23.9. The molecular formula is C63H53N7. The minimum Gasteiger partial charge on any atom is -0.282 e. The Morgan fingerprint density at radius 1 is 0.457 bits per heavy atom. The van der Waals surface area contributed by atoms with Gasteiger partial charge in [-0.2, -0.15) is 4.99 Å². The van der Waals surface area contributed by atoms with Crippen molar-refractivity contribution >= 4 is 39.8 Å². The Hall–Kier alpha value is -8.42. The second-order valence-electron chi connectivity index (χ2n) is 19.8. The highest BCUT2D eigenvalue weighted by atomic mass is 15.2. The van der Waals surface area contributed by atoms with Crippen LogP contribution in [0.25, 0.3) is 78.2 Å². The van der Waals surface area contributed by atoms with Gasteiger partial charge in [0.2, 0.25) is 5.96 Å². The van der Waals surface area contributed by atoms with E-state index in [9.17, 15) is 5.41 Å². The third kappa shape index (κ3) is 7.55. The van der Waals surface area contributed by atoms with E-state index in [1.807, 2.05) is 85.1 Å². The van der Waals surface area contributed by atoms with Gasteiger partial charge in [0.05, 0.1) is 11.0 Å². The van der Waals surface area contributed by atoms with Gasteiger partial charge in [-0.25, -0.2) is 19.9 Å². The van der Waals surface area contributed by atoms with Crippen LogP contribution < -0.4 is 0 Å². The van der Waals surface area contributed by atoms with E-state index in [1.54, 1.807) is 0 Å². The quantitative estimate of drug-likeness (QED) is 0.128. The monoisotopic (exact) mass is 907 g/mol. The lowest BCUT2D eigenvalue weighted by molar-refractivity contribution is 0.125. The van der Waals surface area contributed by atoms with Crippen LogP contribution in [0.1, 0.15) is 63.8 Å². The van der Waals surface area contributed by atoms with Crippen molar-refractivity contribution in [2.75, 3.05) is 0 Å². The number of hydrogen-bond donors (Lipinski definition) is 1. The molecular weight excluding hydrogens is 855 g/mol. The third-order valence-corrected chi connectivity index (χ3v) is 15.3. The summed E-state index contributed by atoms with van der Waals surface area (Å²) in [5.41, 5.74) is 11.9. The molecule has 0 atom stereocenters. The maximum Gasteiger partial charge on any atom is 0.236 e. The van der Waals surface area contributed by atoms with Gasteiger partial charge in [-0.1, -0.05) is 211 Å². The van der Waals surface area contributed by atoms with Gasteiger partial charge in [-0.15, -0.1) is 0 Å². The van der Waals surface area contributed by atoms with E-state index in [4.69, 9.17) is 24.9 Å².